The summed E-state index contributed by atoms with van der Waals surface area (Å²) in [6.07, 6.45) is 0.824. The van der Waals surface area contributed by atoms with Gasteiger partial charge >= 0.3 is 0 Å². The number of H-pyrrole nitrogens is 1. The first-order valence-corrected chi connectivity index (χ1v) is 8.38. The van der Waals surface area contributed by atoms with E-state index in [1.54, 1.807) is 6.07 Å². The molecule has 0 unspecified atom stereocenters. The number of carbonyl (C=O) groups is 1. The number of aromatic amines is 1. The van der Waals surface area contributed by atoms with E-state index in [9.17, 15) is 9.59 Å². The Morgan fingerprint density at radius 3 is 2.79 bits per heavy atom. The van der Waals surface area contributed by atoms with Gasteiger partial charge in [-0.05, 0) is 32.1 Å². The maximum absolute atomic E-state index is 12.5. The van der Waals surface area contributed by atoms with Crippen LogP contribution in [0.1, 0.15) is 19.2 Å². The topological polar surface area (TPSA) is 69.3 Å². The average molecular weight is 328 g/mol. The molecule has 2 atom stereocenters. The molecular formula is C18H24N4O2. The molecule has 0 bridgehead atoms. The lowest BCUT2D eigenvalue weighted by molar-refractivity contribution is -0.130. The van der Waals surface area contributed by atoms with Crippen molar-refractivity contribution in [3.63, 3.8) is 0 Å². The molecule has 0 aliphatic carbocycles. The van der Waals surface area contributed by atoms with Crippen molar-refractivity contribution in [1.29, 1.82) is 0 Å². The third kappa shape index (κ3) is 3.33. The zero-order valence-electron chi connectivity index (χ0n) is 14.5. The number of likely N-dealkylation sites (tertiary alicyclic amines) is 1. The van der Waals surface area contributed by atoms with E-state index in [-0.39, 0.29) is 11.5 Å². The molecule has 1 aromatic heterocycles. The number of nitrogens with zero attached hydrogens (tertiary/aromatic N) is 3. The molecule has 0 spiro atoms. The highest BCUT2D eigenvalue weighted by molar-refractivity contribution is 5.78. The summed E-state index contributed by atoms with van der Waals surface area (Å²) in [5.74, 6) is 1.17. The number of likely N-dealkylation sites (N-methyl/N-ethyl adjacent to an activating group) is 1. The number of rotatable bonds is 4. The number of aryl methyl sites for hydroxylation is 1. The second kappa shape index (κ2) is 6.73. The van der Waals surface area contributed by atoms with Gasteiger partial charge in [0.25, 0.3) is 5.56 Å². The lowest BCUT2D eigenvalue weighted by atomic mass is 10.1. The monoisotopic (exact) mass is 328 g/mol. The van der Waals surface area contributed by atoms with Crippen molar-refractivity contribution in [2.45, 2.75) is 25.8 Å². The number of aromatic nitrogens is 2. The van der Waals surface area contributed by atoms with Gasteiger partial charge in [-0.15, -0.1) is 0 Å². The second-order valence-electron chi connectivity index (χ2n) is 6.84. The summed E-state index contributed by atoms with van der Waals surface area (Å²) in [6, 6.07) is 7.66. The van der Waals surface area contributed by atoms with E-state index < -0.39 is 0 Å². The average Bonchev–Trinajstić information content (AvgIpc) is 2.95. The second-order valence-corrected chi connectivity index (χ2v) is 6.84. The molecule has 6 nitrogen and oxygen atoms in total. The van der Waals surface area contributed by atoms with Gasteiger partial charge in [-0.1, -0.05) is 19.1 Å². The maximum Gasteiger partial charge on any atom is 0.258 e. The fourth-order valence-electron chi connectivity index (χ4n) is 3.46. The fourth-order valence-corrected chi connectivity index (χ4v) is 3.46. The van der Waals surface area contributed by atoms with Crippen molar-refractivity contribution in [3.8, 4) is 0 Å². The number of nitrogens with one attached hydrogen (secondary N) is 1. The van der Waals surface area contributed by atoms with Gasteiger partial charge in [-0.25, -0.2) is 4.98 Å². The van der Waals surface area contributed by atoms with Gasteiger partial charge in [0, 0.05) is 32.0 Å². The first-order chi connectivity index (χ1) is 11.5. The summed E-state index contributed by atoms with van der Waals surface area (Å²) < 4.78 is 0. The zero-order valence-corrected chi connectivity index (χ0v) is 14.5. The quantitative estimate of drug-likeness (QED) is 0.917. The van der Waals surface area contributed by atoms with Crippen LogP contribution in [0.25, 0.3) is 10.9 Å². The highest BCUT2D eigenvalue weighted by Gasteiger charge is 2.33. The Morgan fingerprint density at radius 2 is 2.08 bits per heavy atom. The van der Waals surface area contributed by atoms with E-state index in [1.807, 2.05) is 23.1 Å². The molecule has 1 aliphatic rings. The summed E-state index contributed by atoms with van der Waals surface area (Å²) in [5.41, 5.74) is 0.525. The third-order valence-electron chi connectivity index (χ3n) is 4.83. The van der Waals surface area contributed by atoms with Crippen LogP contribution in [0.3, 0.4) is 0 Å². The molecular weight excluding hydrogens is 304 g/mol. The number of benzene rings is 1. The van der Waals surface area contributed by atoms with Crippen molar-refractivity contribution in [2.75, 3.05) is 27.2 Å². The smallest absolute Gasteiger partial charge is 0.258 e. The summed E-state index contributed by atoms with van der Waals surface area (Å²) in [6.45, 7) is 3.75. The van der Waals surface area contributed by atoms with Gasteiger partial charge in [0.05, 0.1) is 10.9 Å². The molecule has 2 aromatic rings. The first-order valence-electron chi connectivity index (χ1n) is 8.38. The van der Waals surface area contributed by atoms with Crippen molar-refractivity contribution in [1.82, 2.24) is 19.8 Å². The number of hydrogen-bond donors (Lipinski definition) is 1. The Morgan fingerprint density at radius 1 is 1.33 bits per heavy atom. The summed E-state index contributed by atoms with van der Waals surface area (Å²) >= 11 is 0. The van der Waals surface area contributed by atoms with E-state index in [1.165, 1.54) is 0 Å². The Hall–Kier alpha value is -2.21. The van der Waals surface area contributed by atoms with Crippen LogP contribution >= 0.6 is 0 Å². The molecule has 1 saturated heterocycles. The van der Waals surface area contributed by atoms with Crippen LogP contribution in [-0.2, 0) is 11.2 Å². The molecule has 0 radical (unpaired) electrons. The van der Waals surface area contributed by atoms with Crippen molar-refractivity contribution >= 4 is 16.8 Å². The number of para-hydroxylation sites is 1. The molecule has 1 aliphatic heterocycles. The number of hydrogen-bond acceptors (Lipinski definition) is 4. The van der Waals surface area contributed by atoms with Gasteiger partial charge in [-0.2, -0.15) is 0 Å². The molecule has 1 amide bonds. The minimum atomic E-state index is -0.148. The van der Waals surface area contributed by atoms with E-state index >= 15 is 0 Å². The van der Waals surface area contributed by atoms with E-state index in [4.69, 9.17) is 0 Å². The molecule has 1 aromatic carbocycles. The van der Waals surface area contributed by atoms with Gasteiger partial charge < -0.3 is 14.8 Å². The Labute approximate surface area is 141 Å². The predicted molar refractivity (Wildman–Crippen MR) is 93.9 cm³/mol. The van der Waals surface area contributed by atoms with Crippen LogP contribution in [-0.4, -0.2) is 58.9 Å². The highest BCUT2D eigenvalue weighted by atomic mass is 16.2. The third-order valence-corrected chi connectivity index (χ3v) is 4.83. The fraction of sp³-hybridized carbons (Fsp3) is 0.500. The molecule has 6 heteroatoms. The SMILES string of the molecule is C[C@H]1CN(C(=O)CCc2nc3ccccc3c(=O)[nH]2)C[C@H]1N(C)C. The molecule has 24 heavy (non-hydrogen) atoms. The van der Waals surface area contributed by atoms with Gasteiger partial charge in [0.2, 0.25) is 5.91 Å². The van der Waals surface area contributed by atoms with E-state index in [0.717, 1.165) is 13.1 Å². The zero-order chi connectivity index (χ0) is 17.3. The molecule has 2 heterocycles. The Kier molecular flexibility index (Phi) is 4.66. The van der Waals surface area contributed by atoms with Crippen LogP contribution in [0, 0.1) is 5.92 Å². The van der Waals surface area contributed by atoms with Crippen molar-refractivity contribution in [3.05, 3.63) is 40.4 Å². The Bertz CT molecular complexity index is 799. The largest absolute Gasteiger partial charge is 0.341 e. The van der Waals surface area contributed by atoms with E-state index in [0.29, 0.717) is 41.5 Å². The Balaban J connectivity index is 1.66. The molecule has 1 N–H and O–H groups in total. The number of amides is 1. The van der Waals surface area contributed by atoms with Crippen LogP contribution < -0.4 is 5.56 Å². The first kappa shape index (κ1) is 16.6. The normalized spacial score (nSPS) is 20.9. The summed E-state index contributed by atoms with van der Waals surface area (Å²) in [5, 5.41) is 0.578. The lowest BCUT2D eigenvalue weighted by Gasteiger charge is -2.22. The van der Waals surface area contributed by atoms with E-state index in [2.05, 4.69) is 35.9 Å². The molecule has 3 rings (SSSR count). The maximum atomic E-state index is 12.5. The lowest BCUT2D eigenvalue weighted by Crippen LogP contribution is -2.35. The van der Waals surface area contributed by atoms with Crippen molar-refractivity contribution < 1.29 is 4.79 Å². The molecule has 1 fully saturated rings. The minimum absolute atomic E-state index is 0.127. The number of carbonyl (C=O) groups excluding carboxylic acids is 1. The summed E-state index contributed by atoms with van der Waals surface area (Å²) in [7, 11) is 4.11. The predicted octanol–water partition coefficient (Wildman–Crippen LogP) is 1.26. The van der Waals surface area contributed by atoms with Crippen molar-refractivity contribution in [2.24, 2.45) is 5.92 Å². The van der Waals surface area contributed by atoms with Gasteiger partial charge in [0.1, 0.15) is 5.82 Å². The minimum Gasteiger partial charge on any atom is -0.341 e. The van der Waals surface area contributed by atoms with Crippen LogP contribution in [0.4, 0.5) is 0 Å². The standard InChI is InChI=1S/C18H24N4O2/c1-12-10-22(11-15(12)21(2)3)17(23)9-8-16-19-14-7-5-4-6-13(14)18(24)20-16/h4-7,12,15H,8-11H2,1-3H3,(H,19,20,24)/t12-,15+/m0/s1. The van der Waals surface area contributed by atoms with Gasteiger partial charge in [-0.3, -0.25) is 9.59 Å². The molecule has 0 saturated carbocycles. The molecule has 128 valence electrons. The van der Waals surface area contributed by atoms with Crippen LogP contribution in [0.2, 0.25) is 0 Å². The van der Waals surface area contributed by atoms with Crippen LogP contribution in [0.5, 0.6) is 0 Å². The summed E-state index contributed by atoms with van der Waals surface area (Å²) in [4.78, 5) is 35.9. The highest BCUT2D eigenvalue weighted by Crippen LogP contribution is 2.20. The van der Waals surface area contributed by atoms with Crippen LogP contribution in [0.15, 0.2) is 29.1 Å². The number of fused-ring (bicyclic) bond motifs is 1. The van der Waals surface area contributed by atoms with Gasteiger partial charge in [0.15, 0.2) is 0 Å².